The number of carbonyl (C=O) groups is 1. The molecule has 0 saturated carbocycles. The van der Waals surface area contributed by atoms with Crippen molar-refractivity contribution >= 4 is 11.7 Å². The van der Waals surface area contributed by atoms with Crippen LogP contribution in [0.15, 0.2) is 18.2 Å². The monoisotopic (exact) mass is 173 g/mol. The number of carboxylic acids is 1. The summed E-state index contributed by atoms with van der Waals surface area (Å²) in [6.45, 7) is 0. The van der Waals surface area contributed by atoms with Gasteiger partial charge in [0.1, 0.15) is 0 Å². The van der Waals surface area contributed by atoms with Crippen LogP contribution in [0.25, 0.3) is 0 Å². The summed E-state index contributed by atoms with van der Waals surface area (Å²) in [7, 11) is 0. The Kier molecular flexibility index (Phi) is 4.18. The first-order chi connectivity index (χ1) is 5.63. The van der Waals surface area contributed by atoms with E-state index in [2.05, 4.69) is 6.07 Å². The fourth-order valence-electron chi connectivity index (χ4n) is 0.753. The van der Waals surface area contributed by atoms with E-state index in [-0.39, 0.29) is 24.4 Å². The smallest absolute Gasteiger partial charge is 0.487 e. The molecule has 1 N–H and O–H groups in total. The minimum Gasteiger partial charge on any atom is -0.487 e. The minimum absolute atomic E-state index is 0. The summed E-state index contributed by atoms with van der Waals surface area (Å²) in [5.74, 6) is -1.32. The van der Waals surface area contributed by atoms with Gasteiger partial charge in [-0.2, -0.15) is 18.2 Å². The predicted molar refractivity (Wildman–Crippen MR) is 38.9 cm³/mol. The van der Waals surface area contributed by atoms with Crippen molar-refractivity contribution in [3.63, 3.8) is 0 Å². The van der Waals surface area contributed by atoms with Crippen molar-refractivity contribution in [1.29, 1.82) is 0 Å². The molecular formula is C7H4LiNO4. The third-order valence-corrected chi connectivity index (χ3v) is 1.27. The Morgan fingerprint density at radius 3 is 2.62 bits per heavy atom. The first-order valence-corrected chi connectivity index (χ1v) is 3.00. The summed E-state index contributed by atoms with van der Waals surface area (Å²) in [6, 6.07) is 5.92. The maximum absolute atomic E-state index is 10.4. The van der Waals surface area contributed by atoms with E-state index < -0.39 is 16.6 Å². The van der Waals surface area contributed by atoms with Crippen LogP contribution in [0.5, 0.6) is 0 Å². The van der Waals surface area contributed by atoms with Crippen molar-refractivity contribution in [1.82, 2.24) is 0 Å². The summed E-state index contributed by atoms with van der Waals surface area (Å²) in [4.78, 5) is 19.9. The van der Waals surface area contributed by atoms with E-state index in [1.165, 1.54) is 6.07 Å². The first-order valence-electron chi connectivity index (χ1n) is 3.00. The molecule has 0 amide bonds. The number of benzene rings is 1. The molecule has 62 valence electrons. The number of hydrogen-bond donors (Lipinski definition) is 1. The molecule has 0 saturated heterocycles. The maximum Gasteiger partial charge on any atom is 1.00 e. The Balaban J connectivity index is 0.00000144. The van der Waals surface area contributed by atoms with Crippen LogP contribution in [-0.4, -0.2) is 16.0 Å². The zero-order valence-corrected chi connectivity index (χ0v) is 6.85. The zero-order chi connectivity index (χ0) is 9.14. The molecule has 0 atom stereocenters. The molecule has 6 heteroatoms. The molecule has 1 rings (SSSR count). The number of nitro groups is 1. The van der Waals surface area contributed by atoms with E-state index in [1.54, 1.807) is 0 Å². The third kappa shape index (κ3) is 2.58. The molecule has 0 unspecified atom stereocenters. The molecule has 0 heterocycles. The van der Waals surface area contributed by atoms with Crippen LogP contribution in [0.3, 0.4) is 0 Å². The Morgan fingerprint density at radius 1 is 1.62 bits per heavy atom. The molecule has 5 nitrogen and oxygen atoms in total. The Labute approximate surface area is 85.7 Å². The summed E-state index contributed by atoms with van der Waals surface area (Å²) in [5, 5.41) is 18.7. The van der Waals surface area contributed by atoms with Crippen molar-refractivity contribution in [2.45, 2.75) is 0 Å². The second kappa shape index (κ2) is 4.65. The summed E-state index contributed by atoms with van der Waals surface area (Å²) < 4.78 is 0. The van der Waals surface area contributed by atoms with Crippen LogP contribution in [0.2, 0.25) is 0 Å². The molecule has 1 aromatic rings. The van der Waals surface area contributed by atoms with Gasteiger partial charge in [0.2, 0.25) is 0 Å². The van der Waals surface area contributed by atoms with Gasteiger partial charge in [0.25, 0.3) is 5.97 Å². The normalized spacial score (nSPS) is 8.62. The van der Waals surface area contributed by atoms with Crippen molar-refractivity contribution < 1.29 is 33.7 Å². The molecule has 0 radical (unpaired) electrons. The molecule has 0 aromatic heterocycles. The summed E-state index contributed by atoms with van der Waals surface area (Å²) in [6.07, 6.45) is 0. The van der Waals surface area contributed by atoms with Gasteiger partial charge in [0, 0.05) is 10.5 Å². The molecular weight excluding hydrogens is 169 g/mol. The van der Waals surface area contributed by atoms with E-state index >= 15 is 0 Å². The number of carboxylic acid groups (broad SMARTS) is 1. The van der Waals surface area contributed by atoms with Gasteiger partial charge in [-0.15, -0.1) is 0 Å². The largest absolute Gasteiger partial charge is 1.00 e. The quantitative estimate of drug-likeness (QED) is 0.245. The van der Waals surface area contributed by atoms with Crippen LogP contribution >= 0.6 is 0 Å². The Bertz CT molecular complexity index is 306. The van der Waals surface area contributed by atoms with E-state index in [0.717, 1.165) is 12.1 Å². The fourth-order valence-corrected chi connectivity index (χ4v) is 0.753. The van der Waals surface area contributed by atoms with Gasteiger partial charge in [-0.1, -0.05) is 6.07 Å². The summed E-state index contributed by atoms with van der Waals surface area (Å²) in [5.41, 5.74) is -0.760. The topological polar surface area (TPSA) is 80.4 Å². The first kappa shape index (κ1) is 11.7. The van der Waals surface area contributed by atoms with Crippen LogP contribution in [0, 0.1) is 16.2 Å². The van der Waals surface area contributed by atoms with E-state index in [9.17, 15) is 14.9 Å². The number of hydrogen-bond acceptors (Lipinski definition) is 3. The van der Waals surface area contributed by atoms with E-state index in [4.69, 9.17) is 5.11 Å². The van der Waals surface area contributed by atoms with Gasteiger partial charge in [-0.3, -0.25) is 14.9 Å². The zero-order valence-electron chi connectivity index (χ0n) is 6.85. The second-order valence-electron chi connectivity index (χ2n) is 2.01. The van der Waals surface area contributed by atoms with Gasteiger partial charge in [0.05, 0.1) is 0 Å². The van der Waals surface area contributed by atoms with E-state index in [0.29, 0.717) is 0 Å². The van der Waals surface area contributed by atoms with Crippen LogP contribution in [0.1, 0.15) is 10.4 Å². The van der Waals surface area contributed by atoms with Crippen LogP contribution in [-0.2, 0) is 0 Å². The Hall–Kier alpha value is -1.31. The molecule has 0 aliphatic heterocycles. The van der Waals surface area contributed by atoms with Gasteiger partial charge in [-0.05, 0) is 0 Å². The molecule has 1 aromatic carbocycles. The van der Waals surface area contributed by atoms with Crippen LogP contribution < -0.4 is 18.9 Å². The maximum atomic E-state index is 10.4. The average molecular weight is 173 g/mol. The van der Waals surface area contributed by atoms with Crippen molar-refractivity contribution in [2.75, 3.05) is 0 Å². The number of aromatic carboxylic acids is 1. The third-order valence-electron chi connectivity index (χ3n) is 1.27. The van der Waals surface area contributed by atoms with Gasteiger partial charge < -0.3 is 5.11 Å². The molecule has 0 bridgehead atoms. The molecule has 13 heavy (non-hydrogen) atoms. The number of rotatable bonds is 2. The number of nitrogens with zero attached hydrogens (tertiary/aromatic N) is 1. The summed E-state index contributed by atoms with van der Waals surface area (Å²) >= 11 is 0. The van der Waals surface area contributed by atoms with Crippen molar-refractivity contribution in [2.24, 2.45) is 0 Å². The van der Waals surface area contributed by atoms with Gasteiger partial charge in [-0.25, -0.2) is 0 Å². The van der Waals surface area contributed by atoms with Crippen molar-refractivity contribution in [3.8, 4) is 0 Å². The van der Waals surface area contributed by atoms with Crippen molar-refractivity contribution in [3.05, 3.63) is 39.9 Å². The molecule has 0 fully saturated rings. The standard InChI is InChI=1S/C7H4NO4.Li/c9-7(10)5-3-1-2-4-6(5)8(11)12;/h2-4H,(H,9,10);/q-1;+1. The molecule has 0 aliphatic carbocycles. The fraction of sp³-hybridized carbons (Fsp3) is 0. The van der Waals surface area contributed by atoms with Crippen LogP contribution in [0.4, 0.5) is 5.69 Å². The molecule has 0 aliphatic rings. The average Bonchev–Trinajstić information content (AvgIpc) is 2.04. The Morgan fingerprint density at radius 2 is 2.23 bits per heavy atom. The second-order valence-corrected chi connectivity index (χ2v) is 2.01. The molecule has 0 spiro atoms. The van der Waals surface area contributed by atoms with Gasteiger partial charge in [0.15, 0.2) is 5.69 Å². The minimum atomic E-state index is -1.32. The number of nitro benzene ring substituents is 1. The predicted octanol–water partition coefficient (Wildman–Crippen LogP) is -1.90. The SMILES string of the molecule is O=C(O)c1c[c-]ccc1[N+](=O)[O-].[Li+]. The van der Waals surface area contributed by atoms with Gasteiger partial charge >= 0.3 is 18.9 Å². The van der Waals surface area contributed by atoms with E-state index in [1.807, 2.05) is 0 Å².